The third kappa shape index (κ3) is 3.19. The molecule has 0 spiro atoms. The van der Waals surface area contributed by atoms with Crippen LogP contribution in [0, 0.1) is 12.7 Å². The summed E-state index contributed by atoms with van der Waals surface area (Å²) >= 11 is 0. The van der Waals surface area contributed by atoms with E-state index in [0.29, 0.717) is 17.8 Å². The third-order valence-corrected chi connectivity index (χ3v) is 3.44. The second-order valence-corrected chi connectivity index (χ2v) is 4.85. The Kier molecular flexibility index (Phi) is 4.00. The maximum absolute atomic E-state index is 13.6. The molecule has 1 aliphatic carbocycles. The number of aryl methyl sites for hydroxylation is 1. The Balaban J connectivity index is 2.02. The van der Waals surface area contributed by atoms with Crippen molar-refractivity contribution in [2.75, 3.05) is 12.4 Å². The summed E-state index contributed by atoms with van der Waals surface area (Å²) in [6.07, 6.45) is 4.63. The van der Waals surface area contributed by atoms with Crippen molar-refractivity contribution >= 4 is 5.69 Å². The molecule has 2 atom stereocenters. The topological polar surface area (TPSA) is 21.3 Å². The van der Waals surface area contributed by atoms with Crippen LogP contribution in [-0.2, 0) is 4.74 Å². The molecule has 1 aromatic carbocycles. The summed E-state index contributed by atoms with van der Waals surface area (Å²) in [6, 6.07) is 5.50. The van der Waals surface area contributed by atoms with Crippen molar-refractivity contribution in [3.63, 3.8) is 0 Å². The van der Waals surface area contributed by atoms with E-state index in [9.17, 15) is 4.39 Å². The van der Waals surface area contributed by atoms with Gasteiger partial charge in [-0.2, -0.15) is 0 Å². The van der Waals surface area contributed by atoms with Crippen LogP contribution in [0.1, 0.15) is 31.2 Å². The molecule has 1 N–H and O–H groups in total. The van der Waals surface area contributed by atoms with Crippen LogP contribution in [-0.4, -0.2) is 19.3 Å². The number of benzene rings is 1. The first-order valence-electron chi connectivity index (χ1n) is 6.24. The zero-order valence-corrected chi connectivity index (χ0v) is 10.5. The fourth-order valence-corrected chi connectivity index (χ4v) is 2.46. The van der Waals surface area contributed by atoms with E-state index in [1.165, 1.54) is 6.07 Å². The fourth-order valence-electron chi connectivity index (χ4n) is 2.46. The van der Waals surface area contributed by atoms with Crippen molar-refractivity contribution in [1.29, 1.82) is 0 Å². The summed E-state index contributed by atoms with van der Waals surface area (Å²) in [7, 11) is 1.75. The molecule has 1 fully saturated rings. The zero-order chi connectivity index (χ0) is 12.3. The predicted octanol–water partition coefficient (Wildman–Crippen LogP) is 3.50. The quantitative estimate of drug-likeness (QED) is 0.868. The van der Waals surface area contributed by atoms with Gasteiger partial charge in [0.05, 0.1) is 11.8 Å². The number of halogens is 1. The highest BCUT2D eigenvalue weighted by atomic mass is 19.1. The van der Waals surface area contributed by atoms with Crippen LogP contribution >= 0.6 is 0 Å². The van der Waals surface area contributed by atoms with Gasteiger partial charge in [0.15, 0.2) is 0 Å². The molecule has 1 aromatic rings. The molecule has 0 amide bonds. The molecule has 2 rings (SSSR count). The Morgan fingerprint density at radius 3 is 2.94 bits per heavy atom. The Morgan fingerprint density at radius 1 is 1.35 bits per heavy atom. The second-order valence-electron chi connectivity index (χ2n) is 4.85. The molecule has 2 nitrogen and oxygen atoms in total. The number of nitrogens with one attached hydrogen (secondary N) is 1. The van der Waals surface area contributed by atoms with Gasteiger partial charge in [-0.15, -0.1) is 0 Å². The van der Waals surface area contributed by atoms with Gasteiger partial charge in [0.25, 0.3) is 0 Å². The van der Waals surface area contributed by atoms with E-state index in [4.69, 9.17) is 4.74 Å². The summed E-state index contributed by atoms with van der Waals surface area (Å²) in [5.74, 6) is -0.171. The van der Waals surface area contributed by atoms with Crippen molar-refractivity contribution in [1.82, 2.24) is 0 Å². The van der Waals surface area contributed by atoms with Crippen LogP contribution in [0.2, 0.25) is 0 Å². The molecule has 0 bridgehead atoms. The number of ether oxygens (including phenoxy) is 1. The molecule has 0 aromatic heterocycles. The van der Waals surface area contributed by atoms with Gasteiger partial charge in [-0.05, 0) is 50.3 Å². The van der Waals surface area contributed by atoms with Crippen molar-refractivity contribution in [3.05, 3.63) is 29.6 Å². The number of hydrogen-bond donors (Lipinski definition) is 1. The molecule has 1 saturated carbocycles. The summed E-state index contributed by atoms with van der Waals surface area (Å²) < 4.78 is 19.0. The maximum Gasteiger partial charge on any atom is 0.146 e. The Morgan fingerprint density at radius 2 is 2.18 bits per heavy atom. The van der Waals surface area contributed by atoms with Crippen LogP contribution in [0.5, 0.6) is 0 Å². The minimum Gasteiger partial charge on any atom is -0.381 e. The smallest absolute Gasteiger partial charge is 0.146 e. The van der Waals surface area contributed by atoms with Gasteiger partial charge >= 0.3 is 0 Å². The monoisotopic (exact) mass is 237 g/mol. The maximum atomic E-state index is 13.6. The third-order valence-electron chi connectivity index (χ3n) is 3.44. The molecule has 17 heavy (non-hydrogen) atoms. The van der Waals surface area contributed by atoms with Crippen molar-refractivity contribution in [2.45, 2.75) is 44.8 Å². The molecule has 0 radical (unpaired) electrons. The number of rotatable bonds is 3. The van der Waals surface area contributed by atoms with Gasteiger partial charge in [-0.3, -0.25) is 0 Å². The lowest BCUT2D eigenvalue weighted by Gasteiger charge is -2.29. The number of anilines is 1. The average molecular weight is 237 g/mol. The lowest BCUT2D eigenvalue weighted by atomic mass is 9.92. The molecular formula is C14H20FNO. The van der Waals surface area contributed by atoms with E-state index >= 15 is 0 Å². The SMILES string of the molecule is COC1CCCC(Nc2cc(C)ccc2F)C1. The van der Waals surface area contributed by atoms with Crippen LogP contribution in [0.3, 0.4) is 0 Å². The Labute approximate surface area is 102 Å². The first-order chi connectivity index (χ1) is 8.19. The number of hydrogen-bond acceptors (Lipinski definition) is 2. The predicted molar refractivity (Wildman–Crippen MR) is 67.8 cm³/mol. The van der Waals surface area contributed by atoms with E-state index < -0.39 is 0 Å². The lowest BCUT2D eigenvalue weighted by molar-refractivity contribution is 0.0669. The van der Waals surface area contributed by atoms with E-state index in [2.05, 4.69) is 5.32 Å². The van der Waals surface area contributed by atoms with Gasteiger partial charge < -0.3 is 10.1 Å². The van der Waals surface area contributed by atoms with Crippen molar-refractivity contribution < 1.29 is 9.13 Å². The first kappa shape index (κ1) is 12.4. The fraction of sp³-hybridized carbons (Fsp3) is 0.571. The number of methoxy groups -OCH3 is 1. The highest BCUT2D eigenvalue weighted by Crippen LogP contribution is 2.25. The molecule has 2 unspecified atom stereocenters. The van der Waals surface area contributed by atoms with E-state index in [-0.39, 0.29) is 5.82 Å². The van der Waals surface area contributed by atoms with Crippen LogP contribution in [0.4, 0.5) is 10.1 Å². The molecule has 0 heterocycles. The summed E-state index contributed by atoms with van der Waals surface area (Å²) in [6.45, 7) is 1.98. The second kappa shape index (κ2) is 5.50. The minimum absolute atomic E-state index is 0.171. The van der Waals surface area contributed by atoms with Crippen molar-refractivity contribution in [3.8, 4) is 0 Å². The standard InChI is InChI=1S/C14H20FNO/c1-10-6-7-13(15)14(8-10)16-11-4-3-5-12(9-11)17-2/h6-8,11-12,16H,3-5,9H2,1-2H3. The van der Waals surface area contributed by atoms with E-state index in [1.54, 1.807) is 13.2 Å². The normalized spacial score (nSPS) is 24.6. The highest BCUT2D eigenvalue weighted by molar-refractivity contribution is 5.47. The van der Waals surface area contributed by atoms with Crippen LogP contribution in [0.25, 0.3) is 0 Å². The minimum atomic E-state index is -0.171. The van der Waals surface area contributed by atoms with Crippen molar-refractivity contribution in [2.24, 2.45) is 0 Å². The summed E-state index contributed by atoms with van der Waals surface area (Å²) in [4.78, 5) is 0. The first-order valence-corrected chi connectivity index (χ1v) is 6.24. The molecule has 94 valence electrons. The molecule has 0 saturated heterocycles. The molecule has 1 aliphatic rings. The van der Waals surface area contributed by atoms with Crippen LogP contribution in [0.15, 0.2) is 18.2 Å². The Hall–Kier alpha value is -1.09. The molecular weight excluding hydrogens is 217 g/mol. The highest BCUT2D eigenvalue weighted by Gasteiger charge is 2.22. The van der Waals surface area contributed by atoms with E-state index in [1.807, 2.05) is 13.0 Å². The molecule has 3 heteroatoms. The lowest BCUT2D eigenvalue weighted by Crippen LogP contribution is -2.31. The largest absolute Gasteiger partial charge is 0.381 e. The zero-order valence-electron chi connectivity index (χ0n) is 10.5. The van der Waals surface area contributed by atoms with Gasteiger partial charge in [0, 0.05) is 13.2 Å². The summed E-state index contributed by atoms with van der Waals surface area (Å²) in [5, 5.41) is 3.30. The van der Waals surface area contributed by atoms with Gasteiger partial charge in [0.1, 0.15) is 5.82 Å². The van der Waals surface area contributed by atoms with Gasteiger partial charge in [0.2, 0.25) is 0 Å². The molecule has 0 aliphatic heterocycles. The van der Waals surface area contributed by atoms with E-state index in [0.717, 1.165) is 31.2 Å². The Bertz CT molecular complexity index is 380. The van der Waals surface area contributed by atoms with Gasteiger partial charge in [-0.1, -0.05) is 6.07 Å². The summed E-state index contributed by atoms with van der Waals surface area (Å²) in [5.41, 5.74) is 1.69. The average Bonchev–Trinajstić information content (AvgIpc) is 2.34. The van der Waals surface area contributed by atoms with Gasteiger partial charge in [-0.25, -0.2) is 4.39 Å². The van der Waals surface area contributed by atoms with Crippen LogP contribution < -0.4 is 5.32 Å².